The molecule has 4 aromatic rings. The second-order valence-electron chi connectivity index (χ2n) is 7.40. The molecule has 4 heterocycles. The van der Waals surface area contributed by atoms with Gasteiger partial charge in [-0.05, 0) is 18.6 Å². The number of hydrogen-bond acceptors (Lipinski definition) is 7. The van der Waals surface area contributed by atoms with E-state index in [0.717, 1.165) is 47.0 Å². The molecule has 0 unspecified atom stereocenters. The van der Waals surface area contributed by atoms with Crippen LogP contribution in [0.5, 0.6) is 5.88 Å². The lowest BCUT2D eigenvalue weighted by Crippen LogP contribution is -2.37. The predicted molar refractivity (Wildman–Crippen MR) is 123 cm³/mol. The van der Waals surface area contributed by atoms with Gasteiger partial charge in [0.05, 0.1) is 25.9 Å². The molecule has 0 N–H and O–H groups in total. The summed E-state index contributed by atoms with van der Waals surface area (Å²) < 4.78 is 14.8. The molecule has 0 aliphatic carbocycles. The lowest BCUT2D eigenvalue weighted by Gasteiger charge is -2.28. The number of benzene rings is 1. The average molecular weight is 432 g/mol. The van der Waals surface area contributed by atoms with Crippen molar-refractivity contribution >= 4 is 23.1 Å². The number of aromatic nitrogens is 6. The van der Waals surface area contributed by atoms with E-state index in [-0.39, 0.29) is 0 Å². The minimum Gasteiger partial charge on any atom is -0.479 e. The molecule has 1 saturated heterocycles. The number of hydrogen-bond donors (Lipinski definition) is 0. The first-order valence-corrected chi connectivity index (χ1v) is 10.7. The summed E-state index contributed by atoms with van der Waals surface area (Å²) in [5, 5.41) is 4.63. The highest BCUT2D eigenvalue weighted by Gasteiger charge is 2.23. The number of imidazole rings is 1. The molecule has 9 nitrogen and oxygen atoms in total. The normalized spacial score (nSPS) is 14.1. The number of aryl methyl sites for hydroxylation is 1. The van der Waals surface area contributed by atoms with Crippen molar-refractivity contribution in [3.8, 4) is 23.0 Å². The standard InChI is InChI=1S/C23H25N7O2/c1-4-18-24-19-20(28-11-13-32-14-12-28)25-23(26-21(19)29(18)5-2)30-15-17(22(27-30)31-3)16-9-7-6-8-10-16/h4,6-10,15H,1,5,11-14H2,2-3H3. The zero-order valence-corrected chi connectivity index (χ0v) is 18.2. The largest absolute Gasteiger partial charge is 0.479 e. The molecular weight excluding hydrogens is 406 g/mol. The second kappa shape index (κ2) is 8.43. The summed E-state index contributed by atoms with van der Waals surface area (Å²) in [4.78, 5) is 16.7. The van der Waals surface area contributed by atoms with Crippen LogP contribution in [-0.2, 0) is 11.3 Å². The van der Waals surface area contributed by atoms with Crippen LogP contribution in [0, 0.1) is 0 Å². The summed E-state index contributed by atoms with van der Waals surface area (Å²) >= 11 is 0. The fraction of sp³-hybridized carbons (Fsp3) is 0.304. The Bertz CT molecular complexity index is 1260. The molecule has 32 heavy (non-hydrogen) atoms. The lowest BCUT2D eigenvalue weighted by molar-refractivity contribution is 0.122. The topological polar surface area (TPSA) is 83.1 Å². The number of nitrogens with zero attached hydrogens (tertiary/aromatic N) is 7. The molecule has 0 amide bonds. The van der Waals surface area contributed by atoms with E-state index < -0.39 is 0 Å². The van der Waals surface area contributed by atoms with Crippen LogP contribution in [0.1, 0.15) is 12.7 Å². The third-order valence-corrected chi connectivity index (χ3v) is 5.57. The van der Waals surface area contributed by atoms with Crippen molar-refractivity contribution in [1.29, 1.82) is 0 Å². The van der Waals surface area contributed by atoms with E-state index in [1.165, 1.54) is 0 Å². The Labute approximate surface area is 185 Å². The van der Waals surface area contributed by atoms with Gasteiger partial charge in [0.1, 0.15) is 5.82 Å². The van der Waals surface area contributed by atoms with Crippen molar-refractivity contribution in [2.75, 3.05) is 38.3 Å². The van der Waals surface area contributed by atoms with Gasteiger partial charge in [0, 0.05) is 25.8 Å². The highest BCUT2D eigenvalue weighted by molar-refractivity contribution is 5.86. The van der Waals surface area contributed by atoms with Crippen LogP contribution in [0.25, 0.3) is 34.3 Å². The van der Waals surface area contributed by atoms with Gasteiger partial charge in [-0.1, -0.05) is 36.9 Å². The summed E-state index contributed by atoms with van der Waals surface area (Å²) in [6, 6.07) is 10.0. The first-order chi connectivity index (χ1) is 15.7. The van der Waals surface area contributed by atoms with E-state index in [9.17, 15) is 0 Å². The minimum atomic E-state index is 0.463. The summed E-state index contributed by atoms with van der Waals surface area (Å²) in [7, 11) is 1.62. The van der Waals surface area contributed by atoms with Crippen LogP contribution in [0.2, 0.25) is 0 Å². The molecule has 1 aliphatic rings. The van der Waals surface area contributed by atoms with Gasteiger partial charge in [0.2, 0.25) is 5.88 Å². The van der Waals surface area contributed by atoms with Gasteiger partial charge >= 0.3 is 0 Å². The molecule has 0 saturated carbocycles. The van der Waals surface area contributed by atoms with E-state index in [2.05, 4.69) is 23.5 Å². The van der Waals surface area contributed by atoms with Crippen LogP contribution in [0.4, 0.5) is 5.82 Å². The Morgan fingerprint density at radius 3 is 2.59 bits per heavy atom. The molecule has 0 radical (unpaired) electrons. The molecular formula is C23H25N7O2. The zero-order valence-electron chi connectivity index (χ0n) is 18.2. The fourth-order valence-electron chi connectivity index (χ4n) is 3.98. The van der Waals surface area contributed by atoms with E-state index in [1.54, 1.807) is 17.9 Å². The van der Waals surface area contributed by atoms with E-state index in [0.29, 0.717) is 31.6 Å². The van der Waals surface area contributed by atoms with E-state index in [1.807, 2.05) is 41.1 Å². The van der Waals surface area contributed by atoms with Gasteiger partial charge in [-0.15, -0.1) is 5.10 Å². The maximum Gasteiger partial charge on any atom is 0.254 e. The maximum absolute atomic E-state index is 5.56. The van der Waals surface area contributed by atoms with Gasteiger partial charge in [-0.25, -0.2) is 9.67 Å². The summed E-state index contributed by atoms with van der Waals surface area (Å²) in [6.07, 6.45) is 3.65. The first-order valence-electron chi connectivity index (χ1n) is 10.7. The second-order valence-corrected chi connectivity index (χ2v) is 7.40. The summed E-state index contributed by atoms with van der Waals surface area (Å²) in [5.74, 6) is 2.53. The Morgan fingerprint density at radius 1 is 1.12 bits per heavy atom. The fourth-order valence-corrected chi connectivity index (χ4v) is 3.98. The molecule has 0 bridgehead atoms. The number of rotatable bonds is 6. The van der Waals surface area contributed by atoms with E-state index >= 15 is 0 Å². The van der Waals surface area contributed by atoms with Gasteiger partial charge in [-0.3, -0.25) is 0 Å². The molecule has 3 aromatic heterocycles. The van der Waals surface area contributed by atoms with Gasteiger partial charge in [0.15, 0.2) is 17.0 Å². The maximum atomic E-state index is 5.56. The lowest BCUT2D eigenvalue weighted by atomic mass is 10.1. The van der Waals surface area contributed by atoms with Crippen molar-refractivity contribution in [3.05, 3.63) is 48.9 Å². The summed E-state index contributed by atoms with van der Waals surface area (Å²) in [6.45, 7) is 9.48. The quantitative estimate of drug-likeness (QED) is 0.464. The van der Waals surface area contributed by atoms with Crippen LogP contribution < -0.4 is 9.64 Å². The Kier molecular flexibility index (Phi) is 5.32. The number of methoxy groups -OCH3 is 1. The number of morpholine rings is 1. The Balaban J connectivity index is 1.71. The van der Waals surface area contributed by atoms with Gasteiger partial charge in [0.25, 0.3) is 5.95 Å². The van der Waals surface area contributed by atoms with E-state index in [4.69, 9.17) is 24.4 Å². The first kappa shape index (κ1) is 20.2. The van der Waals surface area contributed by atoms with Crippen LogP contribution in [0.3, 0.4) is 0 Å². The van der Waals surface area contributed by atoms with Crippen molar-refractivity contribution in [2.45, 2.75) is 13.5 Å². The minimum absolute atomic E-state index is 0.463. The monoisotopic (exact) mass is 431 g/mol. The van der Waals surface area contributed by atoms with Crippen LogP contribution in [-0.4, -0.2) is 62.7 Å². The molecule has 9 heteroatoms. The van der Waals surface area contributed by atoms with Crippen molar-refractivity contribution in [1.82, 2.24) is 29.3 Å². The Hall–Kier alpha value is -3.72. The van der Waals surface area contributed by atoms with Crippen molar-refractivity contribution < 1.29 is 9.47 Å². The SMILES string of the molecule is C=Cc1nc2c(N3CCOCC3)nc(-n3cc(-c4ccccc4)c(OC)n3)nc2n1CC. The van der Waals surface area contributed by atoms with Crippen molar-refractivity contribution in [3.63, 3.8) is 0 Å². The van der Waals surface area contributed by atoms with Crippen molar-refractivity contribution in [2.24, 2.45) is 0 Å². The third-order valence-electron chi connectivity index (χ3n) is 5.57. The molecule has 0 atom stereocenters. The molecule has 1 aromatic carbocycles. The van der Waals surface area contributed by atoms with Crippen LogP contribution in [0.15, 0.2) is 43.1 Å². The van der Waals surface area contributed by atoms with Gasteiger partial charge < -0.3 is 18.9 Å². The zero-order chi connectivity index (χ0) is 22.1. The third kappa shape index (κ3) is 3.40. The molecule has 1 aliphatic heterocycles. The highest BCUT2D eigenvalue weighted by atomic mass is 16.5. The average Bonchev–Trinajstić information content (AvgIpc) is 3.45. The number of anilines is 1. The summed E-state index contributed by atoms with van der Waals surface area (Å²) in [5.41, 5.74) is 3.40. The van der Waals surface area contributed by atoms with Crippen LogP contribution >= 0.6 is 0 Å². The smallest absolute Gasteiger partial charge is 0.254 e. The predicted octanol–water partition coefficient (Wildman–Crippen LogP) is 3.19. The molecule has 164 valence electrons. The number of ether oxygens (including phenoxy) is 2. The molecule has 5 rings (SSSR count). The van der Waals surface area contributed by atoms with Gasteiger partial charge in [-0.2, -0.15) is 9.97 Å². The Morgan fingerprint density at radius 2 is 1.91 bits per heavy atom. The molecule has 1 fully saturated rings. The number of fused-ring (bicyclic) bond motifs is 1. The molecule has 0 spiro atoms. The highest BCUT2D eigenvalue weighted by Crippen LogP contribution is 2.31.